The van der Waals surface area contributed by atoms with Gasteiger partial charge in [-0.2, -0.15) is 8.42 Å². The fraction of sp³-hybridized carbons (Fsp3) is 0. The Kier molecular flexibility index (Phi) is 51.1. The first-order valence-electron chi connectivity index (χ1n) is 0.922. The van der Waals surface area contributed by atoms with Crippen molar-refractivity contribution in [1.29, 1.82) is 5.26 Å². The minimum Gasteiger partial charge on any atom is -1.00 e. The zero-order valence-electron chi connectivity index (χ0n) is 6.13. The molecule has 0 aromatic carbocycles. The minimum absolute atomic E-state index is 0. The molecule has 0 aliphatic carbocycles. The first-order chi connectivity index (χ1) is 3.00. The second-order valence-corrected chi connectivity index (χ2v) is 1.34. The Hall–Kier alpha value is 2.14. The van der Waals surface area contributed by atoms with E-state index >= 15 is 0 Å². The summed E-state index contributed by atoms with van der Waals surface area (Å²) in [5.74, 6) is 0. The number of rotatable bonds is 0. The van der Waals surface area contributed by atoms with Crippen LogP contribution < -0.4 is 51.4 Å². The summed E-state index contributed by atoms with van der Waals surface area (Å²) in [4.78, 5) is 0. The average Bonchev–Trinajstić information content (AvgIpc) is 1.36. The number of hydrogen-bond acceptors (Lipinski definition) is 3. The molecule has 9 heteroatoms. The van der Waals surface area contributed by atoms with Gasteiger partial charge in [-0.25, -0.2) is 0 Å². The van der Waals surface area contributed by atoms with Crippen molar-refractivity contribution in [2.45, 2.75) is 0 Å². The third-order valence-corrected chi connectivity index (χ3v) is 0. The van der Waals surface area contributed by atoms with E-state index in [1.54, 1.807) is 0 Å². The molecular formula is CH3FeKNO4SZn-. The van der Waals surface area contributed by atoms with Crippen LogP contribution in [-0.4, -0.2) is 17.5 Å². The summed E-state index contributed by atoms with van der Waals surface area (Å²) in [5.41, 5.74) is 0. The predicted molar refractivity (Wildman–Crippen MR) is 20.3 cm³/mol. The normalized spacial score (nSPS) is 6.00. The van der Waals surface area contributed by atoms with Gasteiger partial charge in [0.15, 0.2) is 0 Å². The summed E-state index contributed by atoms with van der Waals surface area (Å²) < 4.78 is 31.6. The van der Waals surface area contributed by atoms with Crippen molar-refractivity contribution in [3.63, 3.8) is 0 Å². The Morgan fingerprint density at radius 1 is 1.30 bits per heavy atom. The van der Waals surface area contributed by atoms with Crippen LogP contribution in [0.2, 0.25) is 0 Å². The molecule has 0 amide bonds. The molecule has 0 atom stereocenters. The Morgan fingerprint density at radius 2 is 1.30 bits per heavy atom. The molecule has 0 aromatic heterocycles. The van der Waals surface area contributed by atoms with Crippen LogP contribution in [0.1, 0.15) is 1.43 Å². The third kappa shape index (κ3) is 185. The van der Waals surface area contributed by atoms with Gasteiger partial charge in [0.1, 0.15) is 0 Å². The summed E-state index contributed by atoms with van der Waals surface area (Å²) in [6.07, 6.45) is 0. The van der Waals surface area contributed by atoms with Gasteiger partial charge in [0, 0.05) is 36.5 Å². The van der Waals surface area contributed by atoms with Crippen LogP contribution in [0.15, 0.2) is 0 Å². The summed E-state index contributed by atoms with van der Waals surface area (Å²) in [7, 11) is -4.67. The maximum atomic E-state index is 8.74. The van der Waals surface area contributed by atoms with Crippen molar-refractivity contribution in [1.82, 2.24) is 0 Å². The molecule has 54 valence electrons. The second kappa shape index (κ2) is 17.3. The van der Waals surface area contributed by atoms with E-state index in [0.717, 1.165) is 0 Å². The molecule has 0 radical (unpaired) electrons. The molecule has 0 unspecified atom stereocenters. The molecule has 0 aromatic rings. The van der Waals surface area contributed by atoms with Crippen molar-refractivity contribution < 1.29 is 107 Å². The molecule has 0 saturated heterocycles. The standard InChI is InChI=1S/CN.Fe.K.H2O4S.Zn.H/c1-2;;;1-5(2,3)4;;/h;;;(H2,1,2,3,4);;/q-1;;+1;;;-1. The zero-order valence-corrected chi connectivity index (χ0v) is 13.1. The van der Waals surface area contributed by atoms with Gasteiger partial charge in [0.2, 0.25) is 0 Å². The van der Waals surface area contributed by atoms with Gasteiger partial charge in [0.05, 0.1) is 0 Å². The maximum absolute atomic E-state index is 8.74. The van der Waals surface area contributed by atoms with Crippen LogP contribution in [0.25, 0.3) is 0 Å². The van der Waals surface area contributed by atoms with Crippen LogP contribution in [0, 0.1) is 11.8 Å². The monoisotopic (exact) mass is 284 g/mol. The van der Waals surface area contributed by atoms with E-state index < -0.39 is 10.4 Å². The number of nitrogens with zero attached hydrogens (tertiary/aromatic N) is 1. The van der Waals surface area contributed by atoms with Gasteiger partial charge in [-0.1, -0.05) is 0 Å². The van der Waals surface area contributed by atoms with E-state index in [2.05, 4.69) is 0 Å². The molecule has 0 fully saturated rings. The summed E-state index contributed by atoms with van der Waals surface area (Å²) >= 11 is 0. The average molecular weight is 285 g/mol. The van der Waals surface area contributed by atoms with Gasteiger partial charge in [-0.05, 0) is 0 Å². The summed E-state index contributed by atoms with van der Waals surface area (Å²) in [6, 6.07) is 0. The molecule has 0 heterocycles. The van der Waals surface area contributed by atoms with Crippen molar-refractivity contribution in [2.24, 2.45) is 0 Å². The van der Waals surface area contributed by atoms with Gasteiger partial charge in [0.25, 0.3) is 0 Å². The largest absolute Gasteiger partial charge is 1.00 e. The van der Waals surface area contributed by atoms with Crippen LogP contribution >= 0.6 is 0 Å². The summed E-state index contributed by atoms with van der Waals surface area (Å²) in [6.45, 7) is 4.75. The maximum Gasteiger partial charge on any atom is 1.00 e. The molecule has 0 saturated carbocycles. The van der Waals surface area contributed by atoms with E-state index in [9.17, 15) is 0 Å². The molecule has 0 rings (SSSR count). The smallest absolute Gasteiger partial charge is 1.00 e. The van der Waals surface area contributed by atoms with E-state index in [0.29, 0.717) is 0 Å². The van der Waals surface area contributed by atoms with Gasteiger partial charge < -0.3 is 13.3 Å². The van der Waals surface area contributed by atoms with Crippen LogP contribution in [0.3, 0.4) is 0 Å². The molecular weight excluding hydrogens is 282 g/mol. The van der Waals surface area contributed by atoms with Crippen molar-refractivity contribution in [2.75, 3.05) is 0 Å². The SMILES string of the molecule is O=S(=O)(O)O.[C-]#N.[Fe].[H-].[K+].[Zn]. The fourth-order valence-corrected chi connectivity index (χ4v) is 0. The first-order valence-corrected chi connectivity index (χ1v) is 2.32. The molecule has 2 N–H and O–H groups in total. The minimum atomic E-state index is -4.67. The molecule has 0 aliphatic heterocycles. The molecule has 0 bridgehead atoms. The molecule has 0 spiro atoms. The van der Waals surface area contributed by atoms with E-state index in [1.807, 2.05) is 0 Å². The summed E-state index contributed by atoms with van der Waals surface area (Å²) in [5, 5.41) is 6.25. The van der Waals surface area contributed by atoms with E-state index in [-0.39, 0.29) is 89.4 Å². The first kappa shape index (κ1) is 29.6. The van der Waals surface area contributed by atoms with Crippen LogP contribution in [0.4, 0.5) is 0 Å². The number of hydrogen-bond donors (Lipinski definition) is 2. The topological polar surface area (TPSA) is 98.4 Å². The van der Waals surface area contributed by atoms with E-state index in [1.165, 1.54) is 0 Å². The third-order valence-electron chi connectivity index (χ3n) is 0. The fourth-order valence-electron chi connectivity index (χ4n) is 0. The van der Waals surface area contributed by atoms with Gasteiger partial charge in [-0.15, -0.1) is 0 Å². The van der Waals surface area contributed by atoms with Crippen molar-refractivity contribution >= 4 is 10.4 Å². The molecule has 0 aliphatic rings. The predicted octanol–water partition coefficient (Wildman–Crippen LogP) is -3.44. The van der Waals surface area contributed by atoms with Gasteiger partial charge >= 0.3 is 61.8 Å². The second-order valence-electron chi connectivity index (χ2n) is 0.448. The Morgan fingerprint density at radius 3 is 1.30 bits per heavy atom. The van der Waals surface area contributed by atoms with Crippen molar-refractivity contribution in [3.05, 3.63) is 6.57 Å². The molecule has 10 heavy (non-hydrogen) atoms. The van der Waals surface area contributed by atoms with Crippen LogP contribution in [0.5, 0.6) is 0 Å². The Bertz CT molecular complexity index is 141. The van der Waals surface area contributed by atoms with E-state index in [4.69, 9.17) is 29.4 Å². The van der Waals surface area contributed by atoms with Crippen molar-refractivity contribution in [3.8, 4) is 0 Å². The zero-order chi connectivity index (χ0) is 6.50. The Balaban J connectivity index is -0.00000000972. The quantitative estimate of drug-likeness (QED) is 0.274. The Labute approximate surface area is 127 Å². The van der Waals surface area contributed by atoms with Crippen LogP contribution in [-0.2, 0) is 46.9 Å². The molecule has 5 nitrogen and oxygen atoms in total. The van der Waals surface area contributed by atoms with Gasteiger partial charge in [-0.3, -0.25) is 9.11 Å².